The summed E-state index contributed by atoms with van der Waals surface area (Å²) >= 11 is 0. The van der Waals surface area contributed by atoms with Crippen molar-refractivity contribution in [1.82, 2.24) is 0 Å². The summed E-state index contributed by atoms with van der Waals surface area (Å²) in [6.07, 6.45) is 2.91. The number of benzene rings is 2. The topological polar surface area (TPSA) is 90.9 Å². The van der Waals surface area contributed by atoms with Gasteiger partial charge in [-0.05, 0) is 49.6 Å². The highest BCUT2D eigenvalue weighted by Crippen LogP contribution is 2.35. The Bertz CT molecular complexity index is 909. The van der Waals surface area contributed by atoms with Gasteiger partial charge in [0.25, 0.3) is 0 Å². The molecular formula is C21H27NO6S. The van der Waals surface area contributed by atoms with Crippen LogP contribution < -0.4 is 19.0 Å². The van der Waals surface area contributed by atoms with E-state index in [9.17, 15) is 13.2 Å². The monoisotopic (exact) mass is 421 g/mol. The highest BCUT2D eigenvalue weighted by atomic mass is 32.2. The average Bonchev–Trinajstić information content (AvgIpc) is 2.67. The van der Waals surface area contributed by atoms with Crippen LogP contribution in [0.3, 0.4) is 0 Å². The molecule has 2 aromatic rings. The van der Waals surface area contributed by atoms with Crippen LogP contribution in [0.4, 0.5) is 5.69 Å². The lowest BCUT2D eigenvalue weighted by molar-refractivity contribution is -0.134. The summed E-state index contributed by atoms with van der Waals surface area (Å²) in [6, 6.07) is 12.4. The largest absolute Gasteiger partial charge is 0.490 e. The molecule has 0 bridgehead atoms. The summed E-state index contributed by atoms with van der Waals surface area (Å²) in [5, 5.41) is 3.29. The van der Waals surface area contributed by atoms with Crippen LogP contribution in [0.25, 0.3) is 0 Å². The summed E-state index contributed by atoms with van der Waals surface area (Å²) < 4.78 is 38.1. The molecule has 0 aromatic heterocycles. The molecule has 7 nitrogen and oxygen atoms in total. The van der Waals surface area contributed by atoms with E-state index in [2.05, 4.69) is 5.32 Å². The van der Waals surface area contributed by atoms with Crippen LogP contribution in [0.5, 0.6) is 17.2 Å². The van der Waals surface area contributed by atoms with Crippen molar-refractivity contribution in [2.24, 2.45) is 0 Å². The number of para-hydroxylation sites is 1. The molecule has 29 heavy (non-hydrogen) atoms. The van der Waals surface area contributed by atoms with Crippen molar-refractivity contribution in [3.05, 3.63) is 48.0 Å². The number of rotatable bonds is 11. The van der Waals surface area contributed by atoms with E-state index in [0.29, 0.717) is 36.1 Å². The van der Waals surface area contributed by atoms with Crippen molar-refractivity contribution in [3.63, 3.8) is 0 Å². The maximum atomic E-state index is 11.8. The molecule has 0 saturated heterocycles. The molecule has 0 aliphatic rings. The summed E-state index contributed by atoms with van der Waals surface area (Å²) in [4.78, 5) is 11.8. The van der Waals surface area contributed by atoms with Crippen LogP contribution in [0.1, 0.15) is 32.3 Å². The van der Waals surface area contributed by atoms with Crippen molar-refractivity contribution >= 4 is 21.8 Å². The fourth-order valence-electron chi connectivity index (χ4n) is 2.62. The van der Waals surface area contributed by atoms with Gasteiger partial charge in [0.15, 0.2) is 11.5 Å². The Hall–Kier alpha value is -2.74. The maximum absolute atomic E-state index is 11.8. The molecule has 0 heterocycles. The van der Waals surface area contributed by atoms with Gasteiger partial charge in [0.1, 0.15) is 5.75 Å². The van der Waals surface area contributed by atoms with Crippen LogP contribution in [0.15, 0.2) is 42.5 Å². The van der Waals surface area contributed by atoms with Crippen molar-refractivity contribution < 1.29 is 26.9 Å². The van der Waals surface area contributed by atoms with Gasteiger partial charge in [-0.25, -0.2) is 0 Å². The molecular weight excluding hydrogens is 394 g/mol. The van der Waals surface area contributed by atoms with Crippen LogP contribution in [-0.2, 0) is 21.3 Å². The van der Waals surface area contributed by atoms with Gasteiger partial charge in [-0.15, -0.1) is 0 Å². The minimum Gasteiger partial charge on any atom is -0.490 e. The first-order valence-corrected chi connectivity index (χ1v) is 11.3. The third-order valence-electron chi connectivity index (χ3n) is 3.91. The second-order valence-corrected chi connectivity index (χ2v) is 7.93. The van der Waals surface area contributed by atoms with Gasteiger partial charge in [-0.2, -0.15) is 8.42 Å². The molecule has 2 aromatic carbocycles. The second kappa shape index (κ2) is 10.7. The molecule has 0 fully saturated rings. The van der Waals surface area contributed by atoms with Crippen molar-refractivity contribution in [2.45, 2.75) is 33.1 Å². The molecule has 0 aliphatic heterocycles. The zero-order chi connectivity index (χ0) is 21.3. The van der Waals surface area contributed by atoms with Crippen LogP contribution in [0, 0.1) is 0 Å². The zero-order valence-electron chi connectivity index (χ0n) is 16.9. The van der Waals surface area contributed by atoms with E-state index < -0.39 is 10.1 Å². The van der Waals surface area contributed by atoms with Crippen LogP contribution in [0.2, 0.25) is 0 Å². The number of hydrogen-bond donors (Lipinski definition) is 1. The molecule has 0 amide bonds. The van der Waals surface area contributed by atoms with Crippen LogP contribution >= 0.6 is 0 Å². The molecule has 0 radical (unpaired) electrons. The van der Waals surface area contributed by atoms with Gasteiger partial charge < -0.3 is 19.0 Å². The molecule has 158 valence electrons. The predicted octanol–water partition coefficient (Wildman–Crippen LogP) is 3.78. The third kappa shape index (κ3) is 7.65. The lowest BCUT2D eigenvalue weighted by atomic mass is 10.1. The summed E-state index contributed by atoms with van der Waals surface area (Å²) in [5.41, 5.74) is 1.77. The Balaban J connectivity index is 1.94. The zero-order valence-corrected chi connectivity index (χ0v) is 17.8. The highest BCUT2D eigenvalue weighted by Gasteiger charge is 2.14. The average molecular weight is 422 g/mol. The van der Waals surface area contributed by atoms with Gasteiger partial charge in [-0.3, -0.25) is 4.79 Å². The minimum atomic E-state index is -3.52. The molecule has 0 unspecified atom stereocenters. The lowest BCUT2D eigenvalue weighted by Crippen LogP contribution is -2.11. The maximum Gasteiger partial charge on any atom is 0.311 e. The molecule has 8 heteroatoms. The number of nitrogens with one attached hydrogen (secondary N) is 1. The Kier molecular flexibility index (Phi) is 8.33. The summed E-state index contributed by atoms with van der Waals surface area (Å²) in [6.45, 7) is 4.75. The predicted molar refractivity (Wildman–Crippen MR) is 112 cm³/mol. The van der Waals surface area contributed by atoms with E-state index in [1.165, 1.54) is 0 Å². The molecule has 0 saturated carbocycles. The smallest absolute Gasteiger partial charge is 0.311 e. The standard InChI is InChI=1S/C21H27NO6S/c1-4-20(23)27-21-18(9-6-10-19(21)26-5-2)22-15-7-8-16-11-13-17(14-12-16)28-29(3,24)25/h6,9-14,22H,4-5,7-8,15H2,1-3H3. The minimum absolute atomic E-state index is 0.277. The van der Waals surface area contributed by atoms with Gasteiger partial charge in [0, 0.05) is 13.0 Å². The number of aryl methyl sites for hydroxylation is 1. The molecule has 0 spiro atoms. The number of carbonyl (C=O) groups is 1. The van der Waals surface area contributed by atoms with Crippen molar-refractivity contribution in [3.8, 4) is 17.2 Å². The van der Waals surface area contributed by atoms with Gasteiger partial charge >= 0.3 is 16.1 Å². The first-order chi connectivity index (χ1) is 13.8. The highest BCUT2D eigenvalue weighted by molar-refractivity contribution is 7.86. The van der Waals surface area contributed by atoms with Gasteiger partial charge in [0.05, 0.1) is 18.6 Å². The fourth-order valence-corrected chi connectivity index (χ4v) is 3.08. The summed E-state index contributed by atoms with van der Waals surface area (Å²) in [7, 11) is -3.52. The first-order valence-electron chi connectivity index (χ1n) is 9.51. The SMILES string of the molecule is CCOc1cccc(NCCCc2ccc(OS(C)(=O)=O)cc2)c1OC(=O)CC. The van der Waals surface area contributed by atoms with E-state index >= 15 is 0 Å². The Labute approximate surface area is 172 Å². The molecule has 0 aliphatic carbocycles. The van der Waals surface area contributed by atoms with E-state index in [1.807, 2.05) is 31.2 Å². The second-order valence-electron chi connectivity index (χ2n) is 6.36. The summed E-state index contributed by atoms with van der Waals surface area (Å²) in [5.74, 6) is 0.908. The molecule has 2 rings (SSSR count). The quantitative estimate of drug-likeness (QED) is 0.255. The number of hydrogen-bond acceptors (Lipinski definition) is 7. The Morgan fingerprint density at radius 2 is 1.79 bits per heavy atom. The van der Waals surface area contributed by atoms with E-state index in [0.717, 1.165) is 24.7 Å². The van der Waals surface area contributed by atoms with Crippen LogP contribution in [-0.4, -0.2) is 33.8 Å². The number of anilines is 1. The Morgan fingerprint density at radius 1 is 1.07 bits per heavy atom. The normalized spacial score (nSPS) is 11.0. The van der Waals surface area contributed by atoms with E-state index in [1.54, 1.807) is 25.1 Å². The fraction of sp³-hybridized carbons (Fsp3) is 0.381. The first kappa shape index (κ1) is 22.5. The number of esters is 1. The molecule has 1 N–H and O–H groups in total. The molecule has 0 atom stereocenters. The number of ether oxygens (including phenoxy) is 2. The van der Waals surface area contributed by atoms with Crippen molar-refractivity contribution in [2.75, 3.05) is 24.7 Å². The van der Waals surface area contributed by atoms with Gasteiger partial charge in [-0.1, -0.05) is 25.1 Å². The van der Waals surface area contributed by atoms with Gasteiger partial charge in [0.2, 0.25) is 0 Å². The third-order valence-corrected chi connectivity index (χ3v) is 4.41. The lowest BCUT2D eigenvalue weighted by Gasteiger charge is -2.15. The Morgan fingerprint density at radius 3 is 2.41 bits per heavy atom. The van der Waals surface area contributed by atoms with E-state index in [4.69, 9.17) is 13.7 Å². The number of carbonyl (C=O) groups excluding carboxylic acids is 1. The van der Waals surface area contributed by atoms with E-state index in [-0.39, 0.29) is 12.4 Å². The van der Waals surface area contributed by atoms with Crippen molar-refractivity contribution in [1.29, 1.82) is 0 Å².